The lowest BCUT2D eigenvalue weighted by atomic mass is 9.76. The van der Waals surface area contributed by atoms with Crippen molar-refractivity contribution in [3.8, 4) is 0 Å². The number of piperidine rings is 1. The molecule has 0 atom stereocenters. The van der Waals surface area contributed by atoms with E-state index in [-0.39, 0.29) is 11.1 Å². The minimum atomic E-state index is 0.223. The molecule has 0 aromatic heterocycles. The van der Waals surface area contributed by atoms with Gasteiger partial charge in [-0.3, -0.25) is 0 Å². The molecule has 0 amide bonds. The molecule has 1 saturated heterocycles. The molecule has 1 fully saturated rings. The van der Waals surface area contributed by atoms with Crippen molar-refractivity contribution < 1.29 is 0 Å². The highest BCUT2D eigenvalue weighted by Gasteiger charge is 2.43. The monoisotopic (exact) mass is 210 g/mol. The van der Waals surface area contributed by atoms with Crippen LogP contribution in [0.2, 0.25) is 0 Å². The lowest BCUT2D eigenvalue weighted by Crippen LogP contribution is -2.64. The van der Waals surface area contributed by atoms with Gasteiger partial charge in [0.1, 0.15) is 0 Å². The Balaban J connectivity index is 2.87. The van der Waals surface area contributed by atoms with Crippen molar-refractivity contribution in [2.45, 2.75) is 65.5 Å². The van der Waals surface area contributed by atoms with Crippen molar-refractivity contribution in [2.75, 3.05) is 0 Å². The van der Waals surface area contributed by atoms with Crippen molar-refractivity contribution in [3.63, 3.8) is 0 Å². The summed E-state index contributed by atoms with van der Waals surface area (Å²) in [7, 11) is 0. The lowest BCUT2D eigenvalue weighted by Gasteiger charge is -2.54. The molecule has 2 nitrogen and oxygen atoms in total. The first-order valence-electron chi connectivity index (χ1n) is 5.97. The first-order valence-corrected chi connectivity index (χ1v) is 5.97. The SMILES string of the molecule is CC=CNN1C(C)(C)CC(C)CC1(C)C. The van der Waals surface area contributed by atoms with Crippen LogP contribution in [0.4, 0.5) is 0 Å². The van der Waals surface area contributed by atoms with Crippen LogP contribution < -0.4 is 5.43 Å². The topological polar surface area (TPSA) is 15.3 Å². The molecule has 0 aromatic carbocycles. The van der Waals surface area contributed by atoms with E-state index in [4.69, 9.17) is 0 Å². The third-order valence-corrected chi connectivity index (χ3v) is 3.28. The van der Waals surface area contributed by atoms with Crippen molar-refractivity contribution in [1.29, 1.82) is 0 Å². The third-order valence-electron chi connectivity index (χ3n) is 3.28. The minimum Gasteiger partial charge on any atom is -0.325 e. The van der Waals surface area contributed by atoms with Gasteiger partial charge in [-0.05, 0) is 53.4 Å². The van der Waals surface area contributed by atoms with E-state index in [1.807, 2.05) is 19.2 Å². The van der Waals surface area contributed by atoms with Crippen LogP contribution >= 0.6 is 0 Å². The van der Waals surface area contributed by atoms with E-state index in [0.29, 0.717) is 0 Å². The maximum atomic E-state index is 3.43. The Morgan fingerprint density at radius 2 is 1.60 bits per heavy atom. The fraction of sp³-hybridized carbons (Fsp3) is 0.846. The van der Waals surface area contributed by atoms with E-state index < -0.39 is 0 Å². The number of allylic oxidation sites excluding steroid dienone is 1. The lowest BCUT2D eigenvalue weighted by molar-refractivity contribution is -0.0756. The second-order valence-corrected chi connectivity index (χ2v) is 6.10. The van der Waals surface area contributed by atoms with Crippen LogP contribution in [0, 0.1) is 5.92 Å². The zero-order chi connectivity index (χ0) is 11.7. The summed E-state index contributed by atoms with van der Waals surface area (Å²) in [6, 6.07) is 0. The van der Waals surface area contributed by atoms with Gasteiger partial charge in [-0.2, -0.15) is 0 Å². The smallest absolute Gasteiger partial charge is 0.0353 e. The van der Waals surface area contributed by atoms with E-state index in [0.717, 1.165) is 5.92 Å². The molecule has 0 aromatic rings. The maximum Gasteiger partial charge on any atom is 0.0353 e. The average Bonchev–Trinajstić information content (AvgIpc) is 1.98. The number of hydrogen-bond donors (Lipinski definition) is 1. The molecule has 1 aliphatic rings. The van der Waals surface area contributed by atoms with Gasteiger partial charge in [-0.1, -0.05) is 13.0 Å². The Bertz CT molecular complexity index is 223. The highest BCUT2D eigenvalue weighted by Crippen LogP contribution is 2.39. The summed E-state index contributed by atoms with van der Waals surface area (Å²) in [5.41, 5.74) is 3.87. The Hall–Kier alpha value is -0.500. The third kappa shape index (κ3) is 2.75. The van der Waals surface area contributed by atoms with Crippen LogP contribution in [0.3, 0.4) is 0 Å². The highest BCUT2D eigenvalue weighted by atomic mass is 15.6. The molecule has 1 heterocycles. The van der Waals surface area contributed by atoms with Gasteiger partial charge in [0.15, 0.2) is 0 Å². The van der Waals surface area contributed by atoms with Gasteiger partial charge >= 0.3 is 0 Å². The number of hydrazine groups is 1. The summed E-state index contributed by atoms with van der Waals surface area (Å²) in [5, 5.41) is 2.40. The molecule has 0 aliphatic carbocycles. The van der Waals surface area contributed by atoms with Gasteiger partial charge < -0.3 is 5.43 Å². The molecule has 0 bridgehead atoms. The fourth-order valence-corrected chi connectivity index (χ4v) is 3.28. The van der Waals surface area contributed by atoms with Crippen molar-refractivity contribution >= 4 is 0 Å². The quantitative estimate of drug-likeness (QED) is 0.752. The molecule has 1 rings (SSSR count). The Labute approximate surface area is 94.7 Å². The normalized spacial score (nSPS) is 27.1. The zero-order valence-electron chi connectivity index (χ0n) is 11.1. The van der Waals surface area contributed by atoms with E-state index in [9.17, 15) is 0 Å². The van der Waals surface area contributed by atoms with Gasteiger partial charge in [0.2, 0.25) is 0 Å². The molecule has 0 radical (unpaired) electrons. The second-order valence-electron chi connectivity index (χ2n) is 6.10. The van der Waals surface area contributed by atoms with E-state index in [2.05, 4.69) is 45.1 Å². The number of nitrogens with zero attached hydrogens (tertiary/aromatic N) is 1. The van der Waals surface area contributed by atoms with Gasteiger partial charge in [0, 0.05) is 17.3 Å². The van der Waals surface area contributed by atoms with Crippen LogP contribution in [0.1, 0.15) is 54.4 Å². The maximum absolute atomic E-state index is 3.43. The summed E-state index contributed by atoms with van der Waals surface area (Å²) in [4.78, 5) is 0. The number of nitrogens with one attached hydrogen (secondary N) is 1. The molecule has 15 heavy (non-hydrogen) atoms. The first-order chi connectivity index (χ1) is 6.79. The van der Waals surface area contributed by atoms with Gasteiger partial charge in [0.05, 0.1) is 0 Å². The van der Waals surface area contributed by atoms with E-state index in [1.165, 1.54) is 12.8 Å². The number of rotatable bonds is 2. The molecule has 0 spiro atoms. The summed E-state index contributed by atoms with van der Waals surface area (Å²) in [6.45, 7) is 13.7. The molecule has 1 N–H and O–H groups in total. The van der Waals surface area contributed by atoms with E-state index >= 15 is 0 Å². The predicted molar refractivity (Wildman–Crippen MR) is 66.3 cm³/mol. The summed E-state index contributed by atoms with van der Waals surface area (Å²) in [6.07, 6.45) is 6.58. The standard InChI is InChI=1S/C13H26N2/c1-7-8-14-15-12(3,4)9-11(2)10-13(15,5)6/h7-8,11,14H,9-10H2,1-6H3. The largest absolute Gasteiger partial charge is 0.325 e. The van der Waals surface area contributed by atoms with Crippen LogP contribution in [0.5, 0.6) is 0 Å². The molecular weight excluding hydrogens is 184 g/mol. The predicted octanol–water partition coefficient (Wildman–Crippen LogP) is 3.31. The summed E-state index contributed by atoms with van der Waals surface area (Å²) < 4.78 is 0. The molecule has 2 heteroatoms. The Morgan fingerprint density at radius 3 is 2.00 bits per heavy atom. The van der Waals surface area contributed by atoms with Crippen LogP contribution in [0.15, 0.2) is 12.3 Å². The molecular formula is C13H26N2. The zero-order valence-corrected chi connectivity index (χ0v) is 11.1. The molecule has 0 saturated carbocycles. The average molecular weight is 210 g/mol. The van der Waals surface area contributed by atoms with Crippen LogP contribution in [-0.4, -0.2) is 16.1 Å². The summed E-state index contributed by atoms with van der Waals surface area (Å²) in [5.74, 6) is 0.804. The van der Waals surface area contributed by atoms with E-state index in [1.54, 1.807) is 0 Å². The highest BCUT2D eigenvalue weighted by molar-refractivity contribution is 4.98. The fourth-order valence-electron chi connectivity index (χ4n) is 3.28. The summed E-state index contributed by atoms with van der Waals surface area (Å²) >= 11 is 0. The van der Waals surface area contributed by atoms with Crippen molar-refractivity contribution in [1.82, 2.24) is 10.4 Å². The first kappa shape index (κ1) is 12.6. The van der Waals surface area contributed by atoms with Gasteiger partial charge in [-0.15, -0.1) is 0 Å². The second kappa shape index (κ2) is 4.17. The van der Waals surface area contributed by atoms with Crippen molar-refractivity contribution in [3.05, 3.63) is 12.3 Å². The van der Waals surface area contributed by atoms with Crippen LogP contribution in [0.25, 0.3) is 0 Å². The molecule has 88 valence electrons. The number of hydrogen-bond acceptors (Lipinski definition) is 2. The van der Waals surface area contributed by atoms with Gasteiger partial charge in [-0.25, -0.2) is 5.01 Å². The van der Waals surface area contributed by atoms with Gasteiger partial charge in [0.25, 0.3) is 0 Å². The molecule has 0 unspecified atom stereocenters. The Morgan fingerprint density at radius 1 is 1.13 bits per heavy atom. The minimum absolute atomic E-state index is 0.223. The van der Waals surface area contributed by atoms with Crippen molar-refractivity contribution in [2.24, 2.45) is 5.92 Å². The molecule has 1 aliphatic heterocycles. The Kier molecular flexibility index (Phi) is 3.49. The van der Waals surface area contributed by atoms with Crippen LogP contribution in [-0.2, 0) is 0 Å².